The third-order valence-corrected chi connectivity index (χ3v) is 5.20. The predicted molar refractivity (Wildman–Crippen MR) is 80.4 cm³/mol. The van der Waals surface area contributed by atoms with Gasteiger partial charge in [-0.25, -0.2) is 12.7 Å². The van der Waals surface area contributed by atoms with Gasteiger partial charge in [0.2, 0.25) is 10.0 Å². The van der Waals surface area contributed by atoms with Gasteiger partial charge in [0.15, 0.2) is 0 Å². The second kappa shape index (κ2) is 7.38. The monoisotopic (exact) mass is 320 g/mol. The molecule has 0 aliphatic heterocycles. The number of hydrogen-bond acceptors (Lipinski definition) is 4. The summed E-state index contributed by atoms with van der Waals surface area (Å²) >= 11 is 5.87. The lowest BCUT2D eigenvalue weighted by Crippen LogP contribution is -2.30. The standard InChI is InChI=1S/C13H21ClN2O3S/c1-15(2)7-4-8-16(3)20(18,19)12-5-6-13(14)11(9-12)10-17/h5-6,9,17H,4,7-8,10H2,1-3H3. The molecule has 1 rings (SSSR count). The van der Waals surface area contributed by atoms with Gasteiger partial charge in [0.05, 0.1) is 11.5 Å². The molecule has 0 radical (unpaired) electrons. The molecule has 0 heterocycles. The smallest absolute Gasteiger partial charge is 0.242 e. The van der Waals surface area contributed by atoms with Crippen molar-refractivity contribution in [3.63, 3.8) is 0 Å². The molecule has 1 aromatic carbocycles. The molecule has 1 aromatic rings. The summed E-state index contributed by atoms with van der Waals surface area (Å²) in [5.74, 6) is 0. The van der Waals surface area contributed by atoms with E-state index in [9.17, 15) is 8.42 Å². The molecule has 0 spiro atoms. The summed E-state index contributed by atoms with van der Waals surface area (Å²) in [7, 11) is 1.90. The van der Waals surface area contributed by atoms with Gasteiger partial charge >= 0.3 is 0 Å². The van der Waals surface area contributed by atoms with Crippen LogP contribution in [0, 0.1) is 0 Å². The van der Waals surface area contributed by atoms with Gasteiger partial charge in [-0.15, -0.1) is 0 Å². The van der Waals surface area contributed by atoms with Crippen LogP contribution in [0.2, 0.25) is 5.02 Å². The van der Waals surface area contributed by atoms with Crippen LogP contribution in [0.25, 0.3) is 0 Å². The van der Waals surface area contributed by atoms with Crippen molar-refractivity contribution in [2.75, 3.05) is 34.2 Å². The molecule has 0 bridgehead atoms. The molecule has 0 atom stereocenters. The normalized spacial score (nSPS) is 12.3. The second-order valence-corrected chi connectivity index (χ2v) is 7.35. The van der Waals surface area contributed by atoms with Crippen LogP contribution in [0.3, 0.4) is 0 Å². The fourth-order valence-electron chi connectivity index (χ4n) is 1.74. The van der Waals surface area contributed by atoms with E-state index in [4.69, 9.17) is 16.7 Å². The molecule has 1 N–H and O–H groups in total. The van der Waals surface area contributed by atoms with Gasteiger partial charge in [-0.1, -0.05) is 11.6 Å². The summed E-state index contributed by atoms with van der Waals surface area (Å²) in [6.45, 7) is 0.979. The Morgan fingerprint density at radius 1 is 1.20 bits per heavy atom. The van der Waals surface area contributed by atoms with Crippen molar-refractivity contribution in [2.45, 2.75) is 17.9 Å². The SMILES string of the molecule is CN(C)CCCN(C)S(=O)(=O)c1ccc(Cl)c(CO)c1. The lowest BCUT2D eigenvalue weighted by Gasteiger charge is -2.19. The Balaban J connectivity index is 2.87. The number of aliphatic hydroxyl groups excluding tert-OH is 1. The van der Waals surface area contributed by atoms with Crippen LogP contribution in [0.15, 0.2) is 23.1 Å². The predicted octanol–water partition coefficient (Wildman–Crippen LogP) is 1.40. The molecule has 0 aromatic heterocycles. The maximum absolute atomic E-state index is 12.4. The highest BCUT2D eigenvalue weighted by molar-refractivity contribution is 7.89. The zero-order valence-electron chi connectivity index (χ0n) is 12.0. The first kappa shape index (κ1) is 17.4. The maximum Gasteiger partial charge on any atom is 0.242 e. The van der Waals surface area contributed by atoms with E-state index < -0.39 is 10.0 Å². The molecule has 0 fully saturated rings. The molecule has 0 aliphatic carbocycles. The minimum absolute atomic E-state index is 0.151. The Kier molecular flexibility index (Phi) is 6.42. The van der Waals surface area contributed by atoms with E-state index in [2.05, 4.69) is 0 Å². The number of hydrogen-bond donors (Lipinski definition) is 1. The minimum atomic E-state index is -3.54. The van der Waals surface area contributed by atoms with Crippen molar-refractivity contribution < 1.29 is 13.5 Å². The second-order valence-electron chi connectivity index (χ2n) is 4.89. The summed E-state index contributed by atoms with van der Waals surface area (Å²) in [5, 5.41) is 9.51. The van der Waals surface area contributed by atoms with Crippen molar-refractivity contribution in [1.29, 1.82) is 0 Å². The van der Waals surface area contributed by atoms with Crippen molar-refractivity contribution in [2.24, 2.45) is 0 Å². The van der Waals surface area contributed by atoms with Crippen molar-refractivity contribution in [1.82, 2.24) is 9.21 Å². The van der Waals surface area contributed by atoms with E-state index in [1.54, 1.807) is 7.05 Å². The van der Waals surface area contributed by atoms with Crippen LogP contribution < -0.4 is 0 Å². The van der Waals surface area contributed by atoms with E-state index in [0.29, 0.717) is 17.1 Å². The maximum atomic E-state index is 12.4. The van der Waals surface area contributed by atoms with Gasteiger partial charge in [0.1, 0.15) is 0 Å². The summed E-state index contributed by atoms with van der Waals surface area (Å²) in [5.41, 5.74) is 0.412. The minimum Gasteiger partial charge on any atom is -0.392 e. The Hall–Kier alpha value is -0.660. The number of aliphatic hydroxyl groups is 1. The summed E-state index contributed by atoms with van der Waals surface area (Å²) < 4.78 is 26.1. The van der Waals surface area contributed by atoms with E-state index >= 15 is 0 Å². The van der Waals surface area contributed by atoms with Crippen molar-refractivity contribution in [3.05, 3.63) is 28.8 Å². The molecule has 0 amide bonds. The Morgan fingerprint density at radius 3 is 2.40 bits per heavy atom. The first-order chi connectivity index (χ1) is 9.28. The molecule has 0 aliphatic rings. The zero-order valence-corrected chi connectivity index (χ0v) is 13.6. The molecule has 0 saturated heterocycles. The topological polar surface area (TPSA) is 60.9 Å². The number of rotatable bonds is 7. The zero-order chi connectivity index (χ0) is 15.3. The van der Waals surface area contributed by atoms with Crippen LogP contribution in [-0.2, 0) is 16.6 Å². The van der Waals surface area contributed by atoms with Crippen molar-refractivity contribution >= 4 is 21.6 Å². The third-order valence-electron chi connectivity index (χ3n) is 2.97. The van der Waals surface area contributed by atoms with E-state index in [1.807, 2.05) is 19.0 Å². The van der Waals surface area contributed by atoms with Crippen LogP contribution >= 0.6 is 11.6 Å². The average Bonchev–Trinajstić information content (AvgIpc) is 2.38. The summed E-state index contributed by atoms with van der Waals surface area (Å²) in [4.78, 5) is 2.16. The van der Waals surface area contributed by atoms with E-state index in [1.165, 1.54) is 22.5 Å². The van der Waals surface area contributed by atoms with Crippen LogP contribution in [0.5, 0.6) is 0 Å². The number of benzene rings is 1. The Labute approximate surface area is 125 Å². The molecule has 0 unspecified atom stereocenters. The number of halogens is 1. The van der Waals surface area contributed by atoms with Gasteiger partial charge in [0.25, 0.3) is 0 Å². The first-order valence-corrected chi connectivity index (χ1v) is 8.11. The van der Waals surface area contributed by atoms with Crippen LogP contribution in [-0.4, -0.2) is 57.0 Å². The molecule has 7 heteroatoms. The van der Waals surface area contributed by atoms with Gasteiger partial charge in [-0.05, 0) is 50.8 Å². The van der Waals surface area contributed by atoms with Gasteiger partial charge in [-0.3, -0.25) is 0 Å². The number of nitrogens with zero attached hydrogens (tertiary/aromatic N) is 2. The highest BCUT2D eigenvalue weighted by Crippen LogP contribution is 2.22. The molecular weight excluding hydrogens is 300 g/mol. The summed E-state index contributed by atoms with van der Waals surface area (Å²) in [6.07, 6.45) is 0.753. The number of sulfonamides is 1. The van der Waals surface area contributed by atoms with E-state index in [-0.39, 0.29) is 11.5 Å². The molecule has 20 heavy (non-hydrogen) atoms. The largest absolute Gasteiger partial charge is 0.392 e. The van der Waals surface area contributed by atoms with Crippen molar-refractivity contribution in [3.8, 4) is 0 Å². The molecule has 5 nitrogen and oxygen atoms in total. The quantitative estimate of drug-likeness (QED) is 0.825. The molecular formula is C13H21ClN2O3S. The molecule has 0 saturated carbocycles. The lowest BCUT2D eigenvalue weighted by atomic mass is 10.2. The third kappa shape index (κ3) is 4.43. The van der Waals surface area contributed by atoms with Gasteiger partial charge in [-0.2, -0.15) is 0 Å². The molecule has 114 valence electrons. The fourth-order valence-corrected chi connectivity index (χ4v) is 3.18. The van der Waals surface area contributed by atoms with E-state index in [0.717, 1.165) is 13.0 Å². The highest BCUT2D eigenvalue weighted by Gasteiger charge is 2.21. The van der Waals surface area contributed by atoms with Crippen LogP contribution in [0.1, 0.15) is 12.0 Å². The lowest BCUT2D eigenvalue weighted by molar-refractivity contribution is 0.281. The first-order valence-electron chi connectivity index (χ1n) is 6.29. The Bertz CT molecular complexity index is 547. The van der Waals surface area contributed by atoms with Gasteiger partial charge in [0, 0.05) is 18.6 Å². The highest BCUT2D eigenvalue weighted by atomic mass is 35.5. The fraction of sp³-hybridized carbons (Fsp3) is 0.538. The van der Waals surface area contributed by atoms with Gasteiger partial charge < -0.3 is 10.0 Å². The van der Waals surface area contributed by atoms with Crippen LogP contribution in [0.4, 0.5) is 0 Å². The Morgan fingerprint density at radius 2 is 1.85 bits per heavy atom. The average molecular weight is 321 g/mol. The summed E-state index contributed by atoms with van der Waals surface area (Å²) in [6, 6.07) is 4.37.